The van der Waals surface area contributed by atoms with Crippen molar-refractivity contribution in [2.24, 2.45) is 0 Å². The van der Waals surface area contributed by atoms with Crippen molar-refractivity contribution < 1.29 is 15.0 Å². The van der Waals surface area contributed by atoms with Crippen molar-refractivity contribution in [3.63, 3.8) is 0 Å². The highest BCUT2D eigenvalue weighted by atomic mass is 16.4. The highest BCUT2D eigenvalue weighted by molar-refractivity contribution is 5.68. The van der Waals surface area contributed by atoms with Gasteiger partial charge in [-0.1, -0.05) is 42.7 Å². The lowest BCUT2D eigenvalue weighted by atomic mass is 9.70. The molecule has 0 heterocycles. The number of aryl methyl sites for hydroxylation is 1. The largest absolute Gasteiger partial charge is 0.481 e. The van der Waals surface area contributed by atoms with Crippen LogP contribution in [0.4, 0.5) is 0 Å². The normalized spacial score (nSPS) is 28.0. The van der Waals surface area contributed by atoms with Crippen molar-refractivity contribution >= 4 is 5.97 Å². The van der Waals surface area contributed by atoms with Crippen LogP contribution in [0.5, 0.6) is 0 Å². The summed E-state index contributed by atoms with van der Waals surface area (Å²) >= 11 is 0. The molecular weight excluding hydrogens is 228 g/mol. The van der Waals surface area contributed by atoms with E-state index in [4.69, 9.17) is 5.11 Å². The van der Waals surface area contributed by atoms with E-state index in [-0.39, 0.29) is 12.3 Å². The first kappa shape index (κ1) is 13.1. The molecule has 0 saturated heterocycles. The summed E-state index contributed by atoms with van der Waals surface area (Å²) in [6.07, 6.45) is 3.25. The van der Waals surface area contributed by atoms with Crippen LogP contribution in [0.25, 0.3) is 0 Å². The molecule has 2 unspecified atom stereocenters. The molecule has 1 aliphatic carbocycles. The fraction of sp³-hybridized carbons (Fsp3) is 0.533. The number of rotatable bonds is 3. The minimum Gasteiger partial charge on any atom is -0.481 e. The van der Waals surface area contributed by atoms with Crippen LogP contribution in [-0.4, -0.2) is 21.8 Å². The summed E-state index contributed by atoms with van der Waals surface area (Å²) in [5.74, 6) is -0.973. The van der Waals surface area contributed by atoms with Crippen LogP contribution in [-0.2, 0) is 4.79 Å². The van der Waals surface area contributed by atoms with E-state index in [0.29, 0.717) is 6.42 Å². The standard InChI is InChI=1S/C15H20O3/c1-11-5-4-6-12(9-11)13-7-2-3-8-15(13,18)10-14(16)17/h4-6,9,13,18H,2-3,7-8,10H2,1H3,(H,16,17). The van der Waals surface area contributed by atoms with Gasteiger partial charge in [0.2, 0.25) is 0 Å². The fourth-order valence-corrected chi connectivity index (χ4v) is 3.06. The molecular formula is C15H20O3. The maximum absolute atomic E-state index is 11.0. The first-order chi connectivity index (χ1) is 8.51. The van der Waals surface area contributed by atoms with E-state index in [9.17, 15) is 9.90 Å². The average Bonchev–Trinajstić information content (AvgIpc) is 2.27. The summed E-state index contributed by atoms with van der Waals surface area (Å²) in [4.78, 5) is 11.0. The van der Waals surface area contributed by atoms with E-state index in [1.54, 1.807) is 0 Å². The number of hydrogen-bond donors (Lipinski definition) is 2. The zero-order valence-electron chi connectivity index (χ0n) is 10.7. The van der Waals surface area contributed by atoms with Gasteiger partial charge in [0.25, 0.3) is 0 Å². The Kier molecular flexibility index (Phi) is 3.71. The predicted octanol–water partition coefficient (Wildman–Crippen LogP) is 2.86. The molecule has 3 heteroatoms. The molecule has 0 aromatic heterocycles. The molecule has 98 valence electrons. The summed E-state index contributed by atoms with van der Waals surface area (Å²) in [5.41, 5.74) is 1.13. The average molecular weight is 248 g/mol. The van der Waals surface area contributed by atoms with E-state index in [2.05, 4.69) is 6.07 Å². The van der Waals surface area contributed by atoms with Gasteiger partial charge in [0.05, 0.1) is 12.0 Å². The molecule has 18 heavy (non-hydrogen) atoms. The highest BCUT2D eigenvalue weighted by Gasteiger charge is 2.41. The third kappa shape index (κ3) is 2.72. The van der Waals surface area contributed by atoms with Gasteiger partial charge >= 0.3 is 5.97 Å². The third-order valence-corrected chi connectivity index (χ3v) is 3.90. The van der Waals surface area contributed by atoms with Crippen LogP contribution in [0.2, 0.25) is 0 Å². The molecule has 1 aromatic rings. The van der Waals surface area contributed by atoms with Crippen LogP contribution in [0, 0.1) is 6.92 Å². The predicted molar refractivity (Wildman–Crippen MR) is 69.6 cm³/mol. The molecule has 2 N–H and O–H groups in total. The zero-order valence-corrected chi connectivity index (χ0v) is 10.7. The number of carboxylic acids is 1. The van der Waals surface area contributed by atoms with E-state index in [1.807, 2.05) is 25.1 Å². The Morgan fingerprint density at radius 3 is 2.89 bits per heavy atom. The molecule has 0 radical (unpaired) electrons. The van der Waals surface area contributed by atoms with Crippen LogP contribution in [0.1, 0.15) is 49.1 Å². The molecule has 1 aliphatic rings. The Labute approximate surface area is 107 Å². The molecule has 0 amide bonds. The Morgan fingerprint density at radius 2 is 2.22 bits per heavy atom. The van der Waals surface area contributed by atoms with Crippen molar-refractivity contribution in [1.82, 2.24) is 0 Å². The van der Waals surface area contributed by atoms with Crippen LogP contribution in [0.15, 0.2) is 24.3 Å². The van der Waals surface area contributed by atoms with Gasteiger partial charge in [0.15, 0.2) is 0 Å². The molecule has 3 nitrogen and oxygen atoms in total. The molecule has 1 fully saturated rings. The maximum atomic E-state index is 11.0. The summed E-state index contributed by atoms with van der Waals surface area (Å²) in [7, 11) is 0. The molecule has 0 aliphatic heterocycles. The lowest BCUT2D eigenvalue weighted by Gasteiger charge is -2.39. The minimum absolute atomic E-state index is 0.0535. The number of carboxylic acid groups (broad SMARTS) is 1. The second kappa shape index (κ2) is 5.11. The summed E-state index contributed by atoms with van der Waals surface area (Å²) < 4.78 is 0. The van der Waals surface area contributed by atoms with Gasteiger partial charge < -0.3 is 10.2 Å². The quantitative estimate of drug-likeness (QED) is 0.864. The van der Waals surface area contributed by atoms with Gasteiger partial charge in [-0.25, -0.2) is 0 Å². The van der Waals surface area contributed by atoms with Gasteiger partial charge in [0.1, 0.15) is 0 Å². The van der Waals surface area contributed by atoms with Crippen molar-refractivity contribution in [1.29, 1.82) is 0 Å². The third-order valence-electron chi connectivity index (χ3n) is 3.90. The molecule has 0 spiro atoms. The Hall–Kier alpha value is -1.35. The SMILES string of the molecule is Cc1cccc(C2CCCCC2(O)CC(=O)O)c1. The van der Waals surface area contributed by atoms with Gasteiger partial charge in [0, 0.05) is 5.92 Å². The Bertz CT molecular complexity index is 441. The highest BCUT2D eigenvalue weighted by Crippen LogP contribution is 2.43. The maximum Gasteiger partial charge on any atom is 0.306 e. The number of aliphatic carboxylic acids is 1. The van der Waals surface area contributed by atoms with Crippen molar-refractivity contribution in [2.75, 3.05) is 0 Å². The van der Waals surface area contributed by atoms with Crippen molar-refractivity contribution in [3.05, 3.63) is 35.4 Å². The van der Waals surface area contributed by atoms with E-state index >= 15 is 0 Å². The number of carbonyl (C=O) groups is 1. The van der Waals surface area contributed by atoms with Gasteiger partial charge in [-0.2, -0.15) is 0 Å². The van der Waals surface area contributed by atoms with Gasteiger partial charge in [-0.05, 0) is 25.3 Å². The molecule has 0 bridgehead atoms. The summed E-state index contributed by atoms with van der Waals surface area (Å²) in [6, 6.07) is 8.04. The molecule has 1 aromatic carbocycles. The second-order valence-electron chi connectivity index (χ2n) is 5.39. The van der Waals surface area contributed by atoms with Crippen molar-refractivity contribution in [3.8, 4) is 0 Å². The smallest absolute Gasteiger partial charge is 0.306 e. The van der Waals surface area contributed by atoms with E-state index in [0.717, 1.165) is 30.4 Å². The van der Waals surface area contributed by atoms with E-state index < -0.39 is 11.6 Å². The molecule has 2 rings (SSSR count). The first-order valence-electron chi connectivity index (χ1n) is 6.52. The molecule has 1 saturated carbocycles. The minimum atomic E-state index is -1.09. The van der Waals surface area contributed by atoms with Gasteiger partial charge in [-0.15, -0.1) is 0 Å². The topological polar surface area (TPSA) is 57.5 Å². The number of benzene rings is 1. The number of aliphatic hydroxyl groups is 1. The zero-order chi connectivity index (χ0) is 13.2. The fourth-order valence-electron chi connectivity index (χ4n) is 3.06. The van der Waals surface area contributed by atoms with Gasteiger partial charge in [-0.3, -0.25) is 4.79 Å². The summed E-state index contributed by atoms with van der Waals surface area (Å²) in [6.45, 7) is 2.02. The van der Waals surface area contributed by atoms with Crippen LogP contribution >= 0.6 is 0 Å². The lowest BCUT2D eigenvalue weighted by Crippen LogP contribution is -2.41. The first-order valence-corrected chi connectivity index (χ1v) is 6.52. The number of hydrogen-bond acceptors (Lipinski definition) is 2. The molecule has 2 atom stereocenters. The Morgan fingerprint density at radius 1 is 1.44 bits per heavy atom. The van der Waals surface area contributed by atoms with Crippen molar-refractivity contribution in [2.45, 2.75) is 50.5 Å². The van der Waals surface area contributed by atoms with Crippen LogP contribution in [0.3, 0.4) is 0 Å². The monoisotopic (exact) mass is 248 g/mol. The van der Waals surface area contributed by atoms with E-state index in [1.165, 1.54) is 0 Å². The van der Waals surface area contributed by atoms with Crippen LogP contribution < -0.4 is 0 Å². The second-order valence-corrected chi connectivity index (χ2v) is 5.39. The Balaban J connectivity index is 2.30. The lowest BCUT2D eigenvalue weighted by molar-refractivity contribution is -0.145. The summed E-state index contributed by atoms with van der Waals surface area (Å²) in [5, 5.41) is 19.7.